The first-order valence-corrected chi connectivity index (χ1v) is 6.73. The molecule has 90 valence electrons. The van der Waals surface area contributed by atoms with Gasteiger partial charge in [0, 0.05) is 4.70 Å². The van der Waals surface area contributed by atoms with Crippen LogP contribution in [-0.4, -0.2) is 5.78 Å². The van der Waals surface area contributed by atoms with Crippen molar-refractivity contribution >= 4 is 43.1 Å². The third-order valence-corrected chi connectivity index (χ3v) is 4.26. The fraction of sp³-hybridized carbons (Fsp3) is 0. The Hall–Kier alpha value is -1.46. The summed E-state index contributed by atoms with van der Waals surface area (Å²) < 4.78 is 19.7. The summed E-state index contributed by atoms with van der Waals surface area (Å²) >= 11 is 4.57. The molecule has 0 saturated carbocycles. The molecule has 2 heterocycles. The lowest BCUT2D eigenvalue weighted by Gasteiger charge is -1.92. The average molecular weight is 325 g/mol. The smallest absolute Gasteiger partial charge is 0.239 e. The zero-order valence-electron chi connectivity index (χ0n) is 8.94. The van der Waals surface area contributed by atoms with Gasteiger partial charge in [-0.3, -0.25) is 4.79 Å². The number of furan rings is 1. The normalized spacial score (nSPS) is 11.0. The highest BCUT2D eigenvalue weighted by Gasteiger charge is 2.18. The Morgan fingerprint density at radius 3 is 2.83 bits per heavy atom. The summed E-state index contributed by atoms with van der Waals surface area (Å²) in [4.78, 5) is 12.7. The van der Waals surface area contributed by atoms with E-state index in [1.165, 1.54) is 29.7 Å². The van der Waals surface area contributed by atoms with Crippen LogP contribution in [-0.2, 0) is 0 Å². The van der Waals surface area contributed by atoms with E-state index in [2.05, 4.69) is 15.9 Å². The van der Waals surface area contributed by atoms with Crippen LogP contribution in [0.5, 0.6) is 0 Å². The van der Waals surface area contributed by atoms with E-state index in [4.69, 9.17) is 4.42 Å². The molecule has 0 radical (unpaired) electrons. The molecular formula is C13H6BrFO2S. The SMILES string of the molecule is O=C(c1cc2cc(F)ccc2s1)c1occc1Br. The van der Waals surface area contributed by atoms with Gasteiger partial charge in [0.05, 0.1) is 15.6 Å². The summed E-state index contributed by atoms with van der Waals surface area (Å²) in [6.45, 7) is 0. The minimum Gasteiger partial charge on any atom is -0.460 e. The van der Waals surface area contributed by atoms with Crippen LogP contribution in [0, 0.1) is 5.82 Å². The monoisotopic (exact) mass is 324 g/mol. The number of rotatable bonds is 2. The van der Waals surface area contributed by atoms with Crippen molar-refractivity contribution in [3.05, 3.63) is 57.5 Å². The van der Waals surface area contributed by atoms with Gasteiger partial charge in [0.2, 0.25) is 5.78 Å². The lowest BCUT2D eigenvalue weighted by atomic mass is 10.2. The second-order valence-corrected chi connectivity index (χ2v) is 5.66. The molecule has 0 unspecified atom stereocenters. The van der Waals surface area contributed by atoms with Crippen LogP contribution in [0.2, 0.25) is 0 Å². The molecule has 0 fully saturated rings. The second-order valence-electron chi connectivity index (χ2n) is 3.72. The molecule has 5 heteroatoms. The molecule has 0 aliphatic heterocycles. The molecule has 0 N–H and O–H groups in total. The van der Waals surface area contributed by atoms with Crippen molar-refractivity contribution in [2.45, 2.75) is 0 Å². The highest BCUT2D eigenvalue weighted by Crippen LogP contribution is 2.30. The number of benzene rings is 1. The van der Waals surface area contributed by atoms with Gasteiger partial charge in [0.25, 0.3) is 0 Å². The predicted octanol–water partition coefficient (Wildman–Crippen LogP) is 4.63. The maximum Gasteiger partial charge on any atom is 0.239 e. The molecule has 18 heavy (non-hydrogen) atoms. The van der Waals surface area contributed by atoms with Crippen LogP contribution in [0.4, 0.5) is 4.39 Å². The fourth-order valence-electron chi connectivity index (χ4n) is 1.69. The van der Waals surface area contributed by atoms with Gasteiger partial charge in [-0.2, -0.15) is 0 Å². The molecule has 0 bridgehead atoms. The number of fused-ring (bicyclic) bond motifs is 1. The van der Waals surface area contributed by atoms with Crippen LogP contribution in [0.15, 0.2) is 45.5 Å². The van der Waals surface area contributed by atoms with Crippen molar-refractivity contribution in [3.8, 4) is 0 Å². The van der Waals surface area contributed by atoms with Gasteiger partial charge < -0.3 is 4.42 Å². The number of carbonyl (C=O) groups excluding carboxylic acids is 1. The number of halogens is 2. The number of hydrogen-bond acceptors (Lipinski definition) is 3. The van der Waals surface area contributed by atoms with Crippen molar-refractivity contribution in [2.75, 3.05) is 0 Å². The van der Waals surface area contributed by atoms with Crippen molar-refractivity contribution < 1.29 is 13.6 Å². The minimum atomic E-state index is -0.307. The molecule has 3 aromatic rings. The van der Waals surface area contributed by atoms with E-state index in [9.17, 15) is 9.18 Å². The van der Waals surface area contributed by atoms with Crippen LogP contribution in [0.25, 0.3) is 10.1 Å². The molecule has 0 amide bonds. The number of ketones is 1. The maximum absolute atomic E-state index is 13.1. The second kappa shape index (κ2) is 4.33. The van der Waals surface area contributed by atoms with Gasteiger partial charge in [-0.15, -0.1) is 11.3 Å². The molecule has 2 nitrogen and oxygen atoms in total. The van der Waals surface area contributed by atoms with E-state index in [0.29, 0.717) is 9.35 Å². The molecule has 1 aromatic carbocycles. The van der Waals surface area contributed by atoms with Gasteiger partial charge in [0.15, 0.2) is 5.76 Å². The highest BCUT2D eigenvalue weighted by molar-refractivity contribution is 9.10. The summed E-state index contributed by atoms with van der Waals surface area (Å²) in [6.07, 6.45) is 1.45. The molecule has 2 aromatic heterocycles. The largest absolute Gasteiger partial charge is 0.460 e. The topological polar surface area (TPSA) is 30.2 Å². The van der Waals surface area contributed by atoms with Crippen LogP contribution >= 0.6 is 27.3 Å². The lowest BCUT2D eigenvalue weighted by Crippen LogP contribution is -1.96. The third kappa shape index (κ3) is 1.89. The molecular weight excluding hydrogens is 319 g/mol. The van der Waals surface area contributed by atoms with Crippen LogP contribution in [0.1, 0.15) is 15.4 Å². The summed E-state index contributed by atoms with van der Waals surface area (Å²) in [5.74, 6) is -0.242. The first-order chi connectivity index (χ1) is 8.65. The highest BCUT2D eigenvalue weighted by atomic mass is 79.9. The van der Waals surface area contributed by atoms with E-state index >= 15 is 0 Å². The Kier molecular flexibility index (Phi) is 2.80. The standard InChI is InChI=1S/C13H6BrFO2S/c14-9-3-4-17-13(9)12(16)11-6-7-5-8(15)1-2-10(7)18-11/h1-6H. The van der Waals surface area contributed by atoms with Crippen molar-refractivity contribution in [1.82, 2.24) is 0 Å². The summed E-state index contributed by atoms with van der Waals surface area (Å²) in [5.41, 5.74) is 0. The number of hydrogen-bond donors (Lipinski definition) is 0. The summed E-state index contributed by atoms with van der Waals surface area (Å²) in [7, 11) is 0. The van der Waals surface area contributed by atoms with Gasteiger partial charge in [-0.05, 0) is 51.6 Å². The van der Waals surface area contributed by atoms with Gasteiger partial charge >= 0.3 is 0 Å². The van der Waals surface area contributed by atoms with Crippen LogP contribution < -0.4 is 0 Å². The molecule has 0 atom stereocenters. The van der Waals surface area contributed by atoms with E-state index < -0.39 is 0 Å². The molecule has 3 rings (SSSR count). The number of thiophene rings is 1. The Labute approximate surface area is 114 Å². The average Bonchev–Trinajstić information content (AvgIpc) is 2.93. The Morgan fingerprint density at radius 1 is 1.28 bits per heavy atom. The van der Waals surface area contributed by atoms with E-state index in [-0.39, 0.29) is 17.4 Å². The van der Waals surface area contributed by atoms with Crippen LogP contribution in [0.3, 0.4) is 0 Å². The van der Waals surface area contributed by atoms with Crippen molar-refractivity contribution in [1.29, 1.82) is 0 Å². The minimum absolute atomic E-state index is 0.200. The van der Waals surface area contributed by atoms with Gasteiger partial charge in [-0.1, -0.05) is 0 Å². The predicted molar refractivity (Wildman–Crippen MR) is 71.6 cm³/mol. The summed E-state index contributed by atoms with van der Waals surface area (Å²) in [6, 6.07) is 7.82. The third-order valence-electron chi connectivity index (χ3n) is 2.53. The van der Waals surface area contributed by atoms with Crippen molar-refractivity contribution in [3.63, 3.8) is 0 Å². The molecule has 0 aliphatic rings. The first kappa shape index (κ1) is 11.6. The quantitative estimate of drug-likeness (QED) is 0.643. The summed E-state index contributed by atoms with van der Waals surface area (Å²) in [5, 5.41) is 0.728. The van der Waals surface area contributed by atoms with E-state index in [1.807, 2.05) is 0 Å². The fourth-order valence-corrected chi connectivity index (χ4v) is 3.06. The Bertz CT molecular complexity index is 744. The molecule has 0 saturated heterocycles. The lowest BCUT2D eigenvalue weighted by molar-refractivity contribution is 0.101. The zero-order chi connectivity index (χ0) is 12.7. The van der Waals surface area contributed by atoms with Crippen molar-refractivity contribution in [2.24, 2.45) is 0 Å². The Morgan fingerprint density at radius 2 is 2.11 bits per heavy atom. The van der Waals surface area contributed by atoms with E-state index in [1.54, 1.807) is 18.2 Å². The first-order valence-electron chi connectivity index (χ1n) is 5.12. The molecule has 0 aliphatic carbocycles. The zero-order valence-corrected chi connectivity index (χ0v) is 11.3. The Balaban J connectivity index is 2.10. The maximum atomic E-state index is 13.1. The van der Waals surface area contributed by atoms with Gasteiger partial charge in [0.1, 0.15) is 5.82 Å². The number of carbonyl (C=O) groups is 1. The van der Waals surface area contributed by atoms with Gasteiger partial charge in [-0.25, -0.2) is 4.39 Å². The van der Waals surface area contributed by atoms with E-state index in [0.717, 1.165) is 10.1 Å². The molecule has 0 spiro atoms.